The first kappa shape index (κ1) is 7.72. The highest BCUT2D eigenvalue weighted by Gasteiger charge is 1.84. The third kappa shape index (κ3) is 1.68. The fraction of sp³-hybridized carbons (Fsp3) is 0.200. The van der Waals surface area contributed by atoms with Crippen molar-refractivity contribution in [2.75, 3.05) is 0 Å². The molecule has 0 amide bonds. The van der Waals surface area contributed by atoms with Gasteiger partial charge in [-0.3, -0.25) is 0 Å². The molecule has 2 N–H and O–H groups in total. The molecule has 46 valence electrons. The average molecular weight is 178 g/mol. The molecule has 1 aromatic heterocycles. The molecule has 0 bridgehead atoms. The molecule has 8 heavy (non-hydrogen) atoms. The molecule has 1 heterocycles. The summed E-state index contributed by atoms with van der Waals surface area (Å²) in [5.74, 6) is 0.833. The van der Waals surface area contributed by atoms with Crippen molar-refractivity contribution in [3.63, 3.8) is 0 Å². The zero-order chi connectivity index (χ0) is 5.11. The van der Waals surface area contributed by atoms with Crippen LogP contribution in [0.25, 0.3) is 0 Å². The topological polar surface area (TPSA) is 39.2 Å². The zero-order valence-corrected chi connectivity index (χ0v) is 6.05. The molecular weight excluding hydrogens is 170 g/mol. The third-order valence-corrected chi connectivity index (χ3v) is 0.781. The monoisotopic (exact) mass is 177 g/mol. The van der Waals surface area contributed by atoms with Gasteiger partial charge in [-0.2, -0.15) is 0 Å². The van der Waals surface area contributed by atoms with Gasteiger partial charge in [-0.1, -0.05) is 0 Å². The molecule has 1 aromatic rings. The first-order valence-electron chi connectivity index (χ1n) is 2.16. The highest BCUT2D eigenvalue weighted by Crippen LogP contribution is 1.95. The lowest BCUT2D eigenvalue weighted by molar-refractivity contribution is 0.512. The lowest BCUT2D eigenvalue weighted by Gasteiger charge is -1.80. The highest BCUT2D eigenvalue weighted by molar-refractivity contribution is 8.93. The van der Waals surface area contributed by atoms with Gasteiger partial charge >= 0.3 is 0 Å². The van der Waals surface area contributed by atoms with Crippen molar-refractivity contribution >= 4 is 17.0 Å². The van der Waals surface area contributed by atoms with E-state index in [-0.39, 0.29) is 17.0 Å². The molecule has 0 spiro atoms. The minimum absolute atomic E-state index is 0. The second kappa shape index (κ2) is 3.69. The van der Waals surface area contributed by atoms with Crippen molar-refractivity contribution < 1.29 is 4.42 Å². The lowest BCUT2D eigenvalue weighted by Crippen LogP contribution is -1.92. The zero-order valence-electron chi connectivity index (χ0n) is 4.33. The van der Waals surface area contributed by atoms with Gasteiger partial charge in [-0.05, 0) is 12.1 Å². The van der Waals surface area contributed by atoms with Crippen molar-refractivity contribution in [1.29, 1.82) is 0 Å². The van der Waals surface area contributed by atoms with Crippen molar-refractivity contribution in [2.45, 2.75) is 6.54 Å². The maximum atomic E-state index is 5.20. The Morgan fingerprint density at radius 1 is 1.62 bits per heavy atom. The Balaban J connectivity index is 0.000000490. The van der Waals surface area contributed by atoms with Crippen LogP contribution in [-0.4, -0.2) is 0 Å². The predicted octanol–water partition coefficient (Wildman–Crippen LogP) is 1.32. The van der Waals surface area contributed by atoms with Gasteiger partial charge in [0.1, 0.15) is 5.76 Å². The minimum atomic E-state index is 0. The number of rotatable bonds is 1. The molecule has 0 aliphatic heterocycles. The number of nitrogens with two attached hydrogens (primary N) is 1. The summed E-state index contributed by atoms with van der Waals surface area (Å²) in [7, 11) is 0. The number of halogens is 1. The molecule has 0 aliphatic rings. The van der Waals surface area contributed by atoms with Crippen LogP contribution in [-0.2, 0) is 6.54 Å². The van der Waals surface area contributed by atoms with E-state index in [4.69, 9.17) is 10.2 Å². The van der Waals surface area contributed by atoms with Gasteiger partial charge < -0.3 is 10.2 Å². The maximum absolute atomic E-state index is 5.20. The van der Waals surface area contributed by atoms with Gasteiger partial charge in [0, 0.05) is 0 Å². The van der Waals surface area contributed by atoms with E-state index in [2.05, 4.69) is 0 Å². The largest absolute Gasteiger partial charge is 0.468 e. The van der Waals surface area contributed by atoms with Crippen LogP contribution in [0.5, 0.6) is 0 Å². The summed E-state index contributed by atoms with van der Waals surface area (Å²) in [5.41, 5.74) is 5.20. The molecule has 0 unspecified atom stereocenters. The molecule has 0 radical (unpaired) electrons. The van der Waals surface area contributed by atoms with Gasteiger partial charge in [-0.25, -0.2) is 0 Å². The molecular formula is C5H8BrNO. The number of furan rings is 1. The van der Waals surface area contributed by atoms with Crippen LogP contribution in [0, 0.1) is 0 Å². The van der Waals surface area contributed by atoms with E-state index in [0.29, 0.717) is 6.54 Å². The second-order valence-electron chi connectivity index (χ2n) is 1.28. The molecule has 0 fully saturated rings. The summed E-state index contributed by atoms with van der Waals surface area (Å²) in [6.45, 7) is 0.493. The van der Waals surface area contributed by atoms with Gasteiger partial charge in [0.2, 0.25) is 0 Å². The van der Waals surface area contributed by atoms with Crippen molar-refractivity contribution in [3.8, 4) is 0 Å². The van der Waals surface area contributed by atoms with Crippen LogP contribution in [0.15, 0.2) is 22.8 Å². The van der Waals surface area contributed by atoms with E-state index in [1.165, 1.54) is 0 Å². The van der Waals surface area contributed by atoms with Crippen LogP contribution in [0.4, 0.5) is 0 Å². The Bertz CT molecular complexity index is 127. The van der Waals surface area contributed by atoms with Crippen LogP contribution in [0.2, 0.25) is 0 Å². The fourth-order valence-corrected chi connectivity index (χ4v) is 0.429. The molecule has 0 aliphatic carbocycles. The molecule has 1 rings (SSSR count). The lowest BCUT2D eigenvalue weighted by atomic mass is 10.5. The van der Waals surface area contributed by atoms with E-state index in [9.17, 15) is 0 Å². The summed E-state index contributed by atoms with van der Waals surface area (Å²) in [4.78, 5) is 0. The normalized spacial score (nSPS) is 8.12. The van der Waals surface area contributed by atoms with Crippen LogP contribution >= 0.6 is 17.0 Å². The van der Waals surface area contributed by atoms with Crippen molar-refractivity contribution in [3.05, 3.63) is 24.2 Å². The molecule has 0 saturated heterocycles. The third-order valence-electron chi connectivity index (χ3n) is 0.781. The summed E-state index contributed by atoms with van der Waals surface area (Å²) in [5, 5.41) is 0. The van der Waals surface area contributed by atoms with E-state index in [1.807, 2.05) is 12.1 Å². The quantitative estimate of drug-likeness (QED) is 0.704. The SMILES string of the molecule is Br.NCc1ccco1. The summed E-state index contributed by atoms with van der Waals surface area (Å²) >= 11 is 0. The van der Waals surface area contributed by atoms with Crippen LogP contribution in [0.1, 0.15) is 5.76 Å². The van der Waals surface area contributed by atoms with Crippen LogP contribution < -0.4 is 5.73 Å². The van der Waals surface area contributed by atoms with Gasteiger partial charge in [0.05, 0.1) is 12.8 Å². The Morgan fingerprint density at radius 2 is 2.38 bits per heavy atom. The standard InChI is InChI=1S/C5H7NO.BrH/c6-4-5-2-1-3-7-5;/h1-3H,4,6H2;1H. The van der Waals surface area contributed by atoms with Crippen molar-refractivity contribution in [1.82, 2.24) is 0 Å². The smallest absolute Gasteiger partial charge is 0.117 e. The first-order chi connectivity index (χ1) is 3.43. The van der Waals surface area contributed by atoms with Crippen molar-refractivity contribution in [2.24, 2.45) is 5.73 Å². The molecule has 3 heteroatoms. The Morgan fingerprint density at radius 3 is 2.62 bits per heavy atom. The Labute approximate surface area is 58.4 Å². The average Bonchev–Trinajstić information content (AvgIpc) is 2.14. The Kier molecular flexibility index (Phi) is 3.56. The van der Waals surface area contributed by atoms with E-state index in [1.54, 1.807) is 6.26 Å². The van der Waals surface area contributed by atoms with E-state index in [0.717, 1.165) is 5.76 Å². The summed E-state index contributed by atoms with van der Waals surface area (Å²) < 4.78 is 4.86. The fourth-order valence-electron chi connectivity index (χ4n) is 0.429. The highest BCUT2D eigenvalue weighted by atomic mass is 79.9. The first-order valence-corrected chi connectivity index (χ1v) is 2.16. The molecule has 2 nitrogen and oxygen atoms in total. The predicted molar refractivity (Wildman–Crippen MR) is 36.9 cm³/mol. The van der Waals surface area contributed by atoms with Crippen LogP contribution in [0.3, 0.4) is 0 Å². The molecule has 0 atom stereocenters. The summed E-state index contributed by atoms with van der Waals surface area (Å²) in [6, 6.07) is 3.67. The second-order valence-corrected chi connectivity index (χ2v) is 1.28. The number of hydrogen-bond donors (Lipinski definition) is 1. The van der Waals surface area contributed by atoms with Gasteiger partial charge in [0.25, 0.3) is 0 Å². The van der Waals surface area contributed by atoms with Gasteiger partial charge in [0.15, 0.2) is 0 Å². The molecule has 0 saturated carbocycles. The number of hydrogen-bond acceptors (Lipinski definition) is 2. The maximum Gasteiger partial charge on any atom is 0.117 e. The van der Waals surface area contributed by atoms with Gasteiger partial charge in [-0.15, -0.1) is 17.0 Å². The Hall–Kier alpha value is -0.280. The van der Waals surface area contributed by atoms with E-state index < -0.39 is 0 Å². The summed E-state index contributed by atoms with van der Waals surface area (Å²) in [6.07, 6.45) is 1.61. The minimum Gasteiger partial charge on any atom is -0.468 e. The van der Waals surface area contributed by atoms with E-state index >= 15 is 0 Å². The molecule has 0 aromatic carbocycles.